The van der Waals surface area contributed by atoms with Crippen LogP contribution in [0.1, 0.15) is 5.82 Å². The van der Waals surface area contributed by atoms with Crippen LogP contribution in [0.15, 0.2) is 36.4 Å². The number of anilines is 2. The molecule has 0 amide bonds. The fourth-order valence-corrected chi connectivity index (χ4v) is 3.79. The molecule has 1 aliphatic carbocycles. The van der Waals surface area contributed by atoms with Crippen LogP contribution in [0.4, 0.5) is 20.2 Å². The van der Waals surface area contributed by atoms with E-state index in [4.69, 9.17) is 0 Å². The summed E-state index contributed by atoms with van der Waals surface area (Å²) in [5.74, 6) is 1.25. The number of aromatic nitrogens is 2. The van der Waals surface area contributed by atoms with E-state index < -0.39 is 0 Å². The maximum atomic E-state index is 14.8. The second kappa shape index (κ2) is 7.08. The molecule has 2 fully saturated rings. The third kappa shape index (κ3) is 3.21. The Bertz CT molecular complexity index is 968. The molecule has 2 aromatic carbocycles. The van der Waals surface area contributed by atoms with Crippen molar-refractivity contribution in [2.75, 3.05) is 36.0 Å². The van der Waals surface area contributed by atoms with Gasteiger partial charge in [0.1, 0.15) is 17.5 Å². The minimum absolute atomic E-state index is 0.238. The molecule has 1 aliphatic heterocycles. The molecule has 0 unspecified atom stereocenters. The highest BCUT2D eigenvalue weighted by Crippen LogP contribution is 2.32. The lowest BCUT2D eigenvalue weighted by Gasteiger charge is -2.37. The summed E-state index contributed by atoms with van der Waals surface area (Å²) in [4.78, 5) is 12.1. The number of aromatic amines is 1. The number of benzene rings is 2. The zero-order chi connectivity index (χ0) is 19.1. The van der Waals surface area contributed by atoms with Crippen LogP contribution in [0, 0.1) is 43.2 Å². The predicted octanol–water partition coefficient (Wildman–Crippen LogP) is 3.92. The van der Waals surface area contributed by atoms with E-state index in [1.165, 1.54) is 18.2 Å². The molecule has 2 heterocycles. The van der Waals surface area contributed by atoms with Crippen LogP contribution >= 0.6 is 0 Å². The molecule has 1 N–H and O–H groups in total. The van der Waals surface area contributed by atoms with Crippen molar-refractivity contribution in [1.29, 1.82) is 0 Å². The Kier molecular flexibility index (Phi) is 4.41. The quantitative estimate of drug-likeness (QED) is 0.751. The first-order valence-electron chi connectivity index (χ1n) is 9.34. The third-order valence-corrected chi connectivity index (χ3v) is 5.30. The Labute approximate surface area is 163 Å². The first-order chi connectivity index (χ1) is 13.7. The van der Waals surface area contributed by atoms with E-state index in [-0.39, 0.29) is 11.6 Å². The number of halogens is 2. The lowest BCUT2D eigenvalue weighted by atomic mass is 10.1. The fourth-order valence-electron chi connectivity index (χ4n) is 3.79. The number of hydrogen-bond donors (Lipinski definition) is 1. The fraction of sp³-hybridized carbons (Fsp3) is 0.182. The van der Waals surface area contributed by atoms with E-state index in [1.807, 2.05) is 36.6 Å². The zero-order valence-electron chi connectivity index (χ0n) is 15.2. The van der Waals surface area contributed by atoms with Crippen molar-refractivity contribution in [1.82, 2.24) is 9.97 Å². The van der Waals surface area contributed by atoms with Crippen molar-refractivity contribution in [2.24, 2.45) is 0 Å². The summed E-state index contributed by atoms with van der Waals surface area (Å²) in [6, 6.07) is 9.85. The standard InChI is InChI=1S/C22H19F2N4/c23-16-5-7-17(8-6-16)27-9-11-28(12-10-27)21-14-20-19(13-18(21)24)25-22(26-20)15-3-1-2-4-15/h1-8,13-14H,9-12H2,(H,25,26). The number of imidazole rings is 1. The van der Waals surface area contributed by atoms with Crippen molar-refractivity contribution in [3.63, 3.8) is 0 Å². The summed E-state index contributed by atoms with van der Waals surface area (Å²) in [6.07, 6.45) is 7.86. The van der Waals surface area contributed by atoms with Crippen LogP contribution in [0.5, 0.6) is 0 Å². The smallest absolute Gasteiger partial charge is 0.148 e. The highest BCUT2D eigenvalue weighted by Gasteiger charge is 2.24. The van der Waals surface area contributed by atoms with E-state index in [1.54, 1.807) is 12.1 Å². The Hall–Kier alpha value is -2.63. The molecule has 1 saturated heterocycles. The Morgan fingerprint density at radius 3 is 2.25 bits per heavy atom. The average molecular weight is 377 g/mol. The number of fused-ring (bicyclic) bond motifs is 1. The molecule has 0 atom stereocenters. The number of nitrogens with zero attached hydrogens (tertiary/aromatic N) is 3. The van der Waals surface area contributed by atoms with Gasteiger partial charge >= 0.3 is 0 Å². The van der Waals surface area contributed by atoms with E-state index in [9.17, 15) is 8.78 Å². The lowest BCUT2D eigenvalue weighted by molar-refractivity contribution is 0.598. The summed E-state index contributed by atoms with van der Waals surface area (Å²) in [6.45, 7) is 2.89. The SMILES string of the molecule is Fc1ccc(N2CCN(c3cc4nc([C]5[CH][CH][CH][CH]5)[nH]c4cc3F)CC2)cc1. The largest absolute Gasteiger partial charge is 0.368 e. The van der Waals surface area contributed by atoms with Gasteiger partial charge in [0.15, 0.2) is 0 Å². The van der Waals surface area contributed by atoms with E-state index in [0.717, 1.165) is 36.0 Å². The van der Waals surface area contributed by atoms with Crippen LogP contribution in [0.25, 0.3) is 11.0 Å². The van der Waals surface area contributed by atoms with Crippen molar-refractivity contribution in [3.05, 3.63) is 85.5 Å². The highest BCUT2D eigenvalue weighted by atomic mass is 19.1. The van der Waals surface area contributed by atoms with E-state index >= 15 is 0 Å². The molecular formula is C22H19F2N4. The topological polar surface area (TPSA) is 35.2 Å². The molecule has 6 heteroatoms. The Morgan fingerprint density at radius 1 is 0.857 bits per heavy atom. The molecule has 141 valence electrons. The number of H-pyrrole nitrogens is 1. The molecule has 1 saturated carbocycles. The predicted molar refractivity (Wildman–Crippen MR) is 106 cm³/mol. The van der Waals surface area contributed by atoms with Gasteiger partial charge in [-0.3, -0.25) is 0 Å². The number of piperazine rings is 1. The Morgan fingerprint density at radius 2 is 1.54 bits per heavy atom. The monoisotopic (exact) mass is 377 g/mol. The summed E-state index contributed by atoms with van der Waals surface area (Å²) >= 11 is 0. The van der Waals surface area contributed by atoms with Gasteiger partial charge in [-0.15, -0.1) is 0 Å². The molecule has 4 nitrogen and oxygen atoms in total. The highest BCUT2D eigenvalue weighted by molar-refractivity contribution is 5.81. The first kappa shape index (κ1) is 17.5. The van der Waals surface area contributed by atoms with Gasteiger partial charge < -0.3 is 14.8 Å². The van der Waals surface area contributed by atoms with Crippen molar-refractivity contribution < 1.29 is 8.78 Å². The van der Waals surface area contributed by atoms with Crippen LogP contribution < -0.4 is 9.80 Å². The maximum absolute atomic E-state index is 14.8. The second-order valence-electron chi connectivity index (χ2n) is 7.03. The molecule has 5 radical (unpaired) electrons. The molecule has 0 spiro atoms. The third-order valence-electron chi connectivity index (χ3n) is 5.30. The maximum Gasteiger partial charge on any atom is 0.148 e. The van der Waals surface area contributed by atoms with Gasteiger partial charge in [-0.1, -0.05) is 0 Å². The summed E-state index contributed by atoms with van der Waals surface area (Å²) in [5, 5.41) is 0. The van der Waals surface area contributed by atoms with Crippen LogP contribution in [-0.4, -0.2) is 36.1 Å². The van der Waals surface area contributed by atoms with Crippen molar-refractivity contribution in [3.8, 4) is 0 Å². The van der Waals surface area contributed by atoms with Crippen LogP contribution in [-0.2, 0) is 0 Å². The van der Waals surface area contributed by atoms with Crippen LogP contribution in [0.3, 0.4) is 0 Å². The Balaban J connectivity index is 1.34. The normalized spacial score (nSPS) is 18.4. The van der Waals surface area contributed by atoms with Crippen LogP contribution in [0.2, 0.25) is 0 Å². The summed E-state index contributed by atoms with van der Waals surface area (Å²) in [5.41, 5.74) is 3.02. The molecular weight excluding hydrogens is 358 g/mol. The van der Waals surface area contributed by atoms with Gasteiger partial charge in [-0.25, -0.2) is 13.8 Å². The van der Waals surface area contributed by atoms with E-state index in [2.05, 4.69) is 14.9 Å². The van der Waals surface area contributed by atoms with Crippen molar-refractivity contribution >= 4 is 22.4 Å². The molecule has 0 bridgehead atoms. The number of hydrogen-bond acceptors (Lipinski definition) is 3. The van der Waals surface area contributed by atoms with Crippen molar-refractivity contribution in [2.45, 2.75) is 0 Å². The van der Waals surface area contributed by atoms with Gasteiger partial charge in [0.05, 0.1) is 16.7 Å². The molecule has 3 aromatic rings. The zero-order valence-corrected chi connectivity index (χ0v) is 15.2. The van der Waals surface area contributed by atoms with Gasteiger partial charge in [0.2, 0.25) is 0 Å². The van der Waals surface area contributed by atoms with Gasteiger partial charge in [-0.05, 0) is 56.0 Å². The molecule has 28 heavy (non-hydrogen) atoms. The van der Waals surface area contributed by atoms with Gasteiger partial charge in [0.25, 0.3) is 0 Å². The lowest BCUT2D eigenvalue weighted by Crippen LogP contribution is -2.46. The second-order valence-corrected chi connectivity index (χ2v) is 7.03. The molecule has 2 aliphatic rings. The first-order valence-corrected chi connectivity index (χ1v) is 9.34. The number of nitrogens with one attached hydrogen (secondary N) is 1. The summed E-state index contributed by atoms with van der Waals surface area (Å²) in [7, 11) is 0. The van der Waals surface area contributed by atoms with Gasteiger partial charge in [0, 0.05) is 43.9 Å². The average Bonchev–Trinajstić information content (AvgIpc) is 3.37. The minimum Gasteiger partial charge on any atom is -0.368 e. The number of rotatable bonds is 3. The van der Waals surface area contributed by atoms with Gasteiger partial charge in [-0.2, -0.15) is 0 Å². The molecule has 1 aromatic heterocycles. The summed E-state index contributed by atoms with van der Waals surface area (Å²) < 4.78 is 27.9. The minimum atomic E-state index is -0.250. The molecule has 5 rings (SSSR count). The van der Waals surface area contributed by atoms with E-state index in [0.29, 0.717) is 24.3 Å².